The van der Waals surface area contributed by atoms with Crippen LogP contribution in [0.4, 0.5) is 0 Å². The van der Waals surface area contributed by atoms with E-state index >= 15 is 0 Å². The molecule has 2 aliphatic rings. The summed E-state index contributed by atoms with van der Waals surface area (Å²) in [6, 6.07) is 8.29. The number of carbonyl (C=O) groups is 1. The molecule has 0 saturated heterocycles. The first kappa shape index (κ1) is 20.9. The maximum Gasteiger partial charge on any atom is 0.229 e. The smallest absolute Gasteiger partial charge is 0.229 e. The quantitative estimate of drug-likeness (QED) is 0.616. The highest BCUT2D eigenvalue weighted by Gasteiger charge is 2.23. The molecule has 1 aromatic rings. The number of amides is 1. The van der Waals surface area contributed by atoms with Crippen molar-refractivity contribution in [3.8, 4) is 0 Å². The number of hydrogen-bond acceptors (Lipinski definition) is 3. The van der Waals surface area contributed by atoms with Gasteiger partial charge in [0.15, 0.2) is 0 Å². The summed E-state index contributed by atoms with van der Waals surface area (Å²) in [5, 5.41) is 5.42. The highest BCUT2D eigenvalue weighted by Crippen LogP contribution is 2.34. The second-order valence-corrected chi connectivity index (χ2v) is 9.22. The molecular formula is C24H32N2OS. The monoisotopic (exact) mass is 396 g/mol. The highest BCUT2D eigenvalue weighted by molar-refractivity contribution is 8.17. The van der Waals surface area contributed by atoms with Gasteiger partial charge in [-0.05, 0) is 56.2 Å². The average molecular weight is 397 g/mol. The minimum absolute atomic E-state index is 0.0550. The van der Waals surface area contributed by atoms with Gasteiger partial charge in [-0.3, -0.25) is 9.79 Å². The zero-order valence-corrected chi connectivity index (χ0v) is 18.0. The van der Waals surface area contributed by atoms with Gasteiger partial charge in [0.25, 0.3) is 0 Å². The molecule has 1 amide bonds. The van der Waals surface area contributed by atoms with Crippen molar-refractivity contribution in [2.24, 2.45) is 10.9 Å². The largest absolute Gasteiger partial charge is 0.320 e. The van der Waals surface area contributed by atoms with E-state index in [0.29, 0.717) is 12.3 Å². The zero-order chi connectivity index (χ0) is 19.9. The highest BCUT2D eigenvalue weighted by atomic mass is 32.2. The second kappa shape index (κ2) is 10.1. The van der Waals surface area contributed by atoms with Gasteiger partial charge in [0.1, 0.15) is 0 Å². The van der Waals surface area contributed by atoms with E-state index < -0.39 is 0 Å². The van der Waals surface area contributed by atoms with Crippen molar-refractivity contribution in [1.29, 1.82) is 0 Å². The van der Waals surface area contributed by atoms with Gasteiger partial charge in [-0.15, -0.1) is 0 Å². The molecule has 150 valence electrons. The molecule has 28 heavy (non-hydrogen) atoms. The Kier molecular flexibility index (Phi) is 7.55. The van der Waals surface area contributed by atoms with E-state index in [1.165, 1.54) is 48.3 Å². The van der Waals surface area contributed by atoms with E-state index in [2.05, 4.69) is 31.0 Å². The molecule has 0 unspecified atom stereocenters. The number of aliphatic imine (C=N–C) groups is 1. The second-order valence-electron chi connectivity index (χ2n) is 8.19. The average Bonchev–Trinajstić information content (AvgIpc) is 2.85. The number of rotatable bonds is 6. The van der Waals surface area contributed by atoms with Crippen LogP contribution in [-0.2, 0) is 17.6 Å². The Balaban J connectivity index is 1.60. The lowest BCUT2D eigenvalue weighted by molar-refractivity contribution is -0.119. The summed E-state index contributed by atoms with van der Waals surface area (Å²) in [5.74, 6) is 0.636. The van der Waals surface area contributed by atoms with E-state index in [0.717, 1.165) is 35.6 Å². The van der Waals surface area contributed by atoms with Gasteiger partial charge in [0.2, 0.25) is 5.91 Å². The number of thioether (sulfide) groups is 1. The third-order valence-corrected chi connectivity index (χ3v) is 6.78. The third-order valence-electron chi connectivity index (χ3n) is 5.45. The fourth-order valence-electron chi connectivity index (χ4n) is 3.85. The van der Waals surface area contributed by atoms with Crippen molar-refractivity contribution in [1.82, 2.24) is 5.32 Å². The van der Waals surface area contributed by atoms with Crippen LogP contribution < -0.4 is 5.32 Å². The summed E-state index contributed by atoms with van der Waals surface area (Å²) in [6.07, 6.45) is 8.64. The van der Waals surface area contributed by atoms with E-state index in [9.17, 15) is 4.79 Å². The lowest BCUT2D eigenvalue weighted by atomic mass is 9.90. The van der Waals surface area contributed by atoms with Crippen molar-refractivity contribution < 1.29 is 4.79 Å². The number of hydrogen-bond donors (Lipinski definition) is 1. The van der Waals surface area contributed by atoms with Gasteiger partial charge in [0, 0.05) is 12.5 Å². The molecule has 1 aromatic carbocycles. The first-order valence-corrected chi connectivity index (χ1v) is 11.3. The maximum atomic E-state index is 12.7. The van der Waals surface area contributed by atoms with E-state index in [-0.39, 0.29) is 5.91 Å². The minimum Gasteiger partial charge on any atom is -0.320 e. The molecule has 1 fully saturated rings. The number of nitrogens with zero attached hydrogens (tertiary/aromatic N) is 1. The van der Waals surface area contributed by atoms with Crippen LogP contribution >= 0.6 is 11.8 Å². The van der Waals surface area contributed by atoms with Crippen molar-refractivity contribution in [3.63, 3.8) is 0 Å². The Morgan fingerprint density at radius 3 is 2.43 bits per heavy atom. The molecule has 3 rings (SSSR count). The van der Waals surface area contributed by atoms with Gasteiger partial charge in [0.05, 0.1) is 16.5 Å². The van der Waals surface area contributed by atoms with Crippen molar-refractivity contribution in [2.45, 2.75) is 65.2 Å². The first-order valence-electron chi connectivity index (χ1n) is 10.5. The Morgan fingerprint density at radius 1 is 1.14 bits per heavy atom. The number of allylic oxidation sites excluding steroid dienone is 1. The van der Waals surface area contributed by atoms with Crippen LogP contribution in [0.3, 0.4) is 0 Å². The van der Waals surface area contributed by atoms with Crippen LogP contribution in [0.25, 0.3) is 0 Å². The van der Waals surface area contributed by atoms with Crippen molar-refractivity contribution in [3.05, 3.63) is 58.1 Å². The molecule has 0 bridgehead atoms. The molecule has 0 aromatic heterocycles. The van der Waals surface area contributed by atoms with Crippen molar-refractivity contribution in [2.75, 3.05) is 6.54 Å². The predicted molar refractivity (Wildman–Crippen MR) is 121 cm³/mol. The Bertz CT molecular complexity index is 770. The molecule has 4 heteroatoms. The molecule has 1 heterocycles. The van der Waals surface area contributed by atoms with Crippen LogP contribution in [0.2, 0.25) is 0 Å². The number of nitrogens with one attached hydrogen (secondary N) is 1. The summed E-state index contributed by atoms with van der Waals surface area (Å²) in [4.78, 5) is 17.5. The van der Waals surface area contributed by atoms with Gasteiger partial charge in [-0.1, -0.05) is 67.4 Å². The van der Waals surface area contributed by atoms with Gasteiger partial charge in [-0.25, -0.2) is 0 Å². The van der Waals surface area contributed by atoms with Gasteiger partial charge in [-0.2, -0.15) is 0 Å². The molecule has 1 aliphatic heterocycles. The Morgan fingerprint density at radius 2 is 1.79 bits per heavy atom. The standard InChI is InChI=1S/C24H32N2OS/c1-17(2)15-19-9-11-20(12-10-19)16-22(27)26-23-18(3)13-14-25-24(28-23)21-7-5-4-6-8-21/h9-12,21H,1,4-8,13-16H2,2-3H3,(H,26,27). The SMILES string of the molecule is C=C(C)Cc1ccc(CC(=O)NC2=C(C)CCN=C(C3CCCCC3)S2)cc1. The van der Waals surface area contributed by atoms with E-state index in [1.54, 1.807) is 11.8 Å². The topological polar surface area (TPSA) is 41.5 Å². The predicted octanol–water partition coefficient (Wildman–Crippen LogP) is 5.81. The summed E-state index contributed by atoms with van der Waals surface area (Å²) < 4.78 is 0. The maximum absolute atomic E-state index is 12.7. The van der Waals surface area contributed by atoms with Crippen LogP contribution in [0, 0.1) is 5.92 Å². The number of carbonyl (C=O) groups excluding carboxylic acids is 1. The molecule has 0 spiro atoms. The van der Waals surface area contributed by atoms with Crippen molar-refractivity contribution >= 4 is 22.7 Å². The van der Waals surface area contributed by atoms with E-state index in [4.69, 9.17) is 4.99 Å². The Labute approximate surface area is 173 Å². The summed E-state index contributed by atoms with van der Waals surface area (Å²) in [7, 11) is 0. The molecule has 3 nitrogen and oxygen atoms in total. The van der Waals surface area contributed by atoms with Gasteiger partial charge >= 0.3 is 0 Å². The zero-order valence-electron chi connectivity index (χ0n) is 17.2. The van der Waals surface area contributed by atoms with Crippen LogP contribution in [0.15, 0.2) is 52.0 Å². The molecular weight excluding hydrogens is 364 g/mol. The first-order chi connectivity index (χ1) is 13.5. The molecule has 0 atom stereocenters. The lowest BCUT2D eigenvalue weighted by Gasteiger charge is -2.23. The van der Waals surface area contributed by atoms with Crippen LogP contribution in [0.1, 0.15) is 63.5 Å². The summed E-state index contributed by atoms with van der Waals surface area (Å²) >= 11 is 1.70. The summed E-state index contributed by atoms with van der Waals surface area (Å²) in [6.45, 7) is 8.95. The number of benzene rings is 1. The third kappa shape index (κ3) is 6.10. The fourth-order valence-corrected chi connectivity index (χ4v) is 5.05. The molecule has 1 N–H and O–H groups in total. The molecule has 0 radical (unpaired) electrons. The minimum atomic E-state index is 0.0550. The lowest BCUT2D eigenvalue weighted by Crippen LogP contribution is -2.25. The van der Waals surface area contributed by atoms with Gasteiger partial charge < -0.3 is 5.32 Å². The fraction of sp³-hybridized carbons (Fsp3) is 0.500. The summed E-state index contributed by atoms with van der Waals surface area (Å²) in [5.41, 5.74) is 4.67. The molecule has 1 saturated carbocycles. The Hall–Kier alpha value is -1.81. The van der Waals surface area contributed by atoms with E-state index in [1.807, 2.05) is 19.1 Å². The van der Waals surface area contributed by atoms with Crippen LogP contribution in [0.5, 0.6) is 0 Å². The normalized spacial score (nSPS) is 18.4. The molecule has 1 aliphatic carbocycles. The van der Waals surface area contributed by atoms with Crippen LogP contribution in [-0.4, -0.2) is 17.5 Å².